The first kappa shape index (κ1) is 14.0. The van der Waals surface area contributed by atoms with Crippen molar-refractivity contribution < 1.29 is 8.42 Å². The van der Waals surface area contributed by atoms with Crippen LogP contribution in [0, 0.1) is 5.41 Å². The quantitative estimate of drug-likeness (QED) is 0.899. The first-order valence-corrected chi connectivity index (χ1v) is 8.92. The van der Waals surface area contributed by atoms with Gasteiger partial charge in [-0.2, -0.15) is 0 Å². The zero-order valence-electron chi connectivity index (χ0n) is 11.7. The van der Waals surface area contributed by atoms with Gasteiger partial charge in [0.1, 0.15) is 0 Å². The lowest BCUT2D eigenvalue weighted by molar-refractivity contribution is 0.101. The van der Waals surface area contributed by atoms with Gasteiger partial charge in [-0.1, -0.05) is 6.07 Å². The van der Waals surface area contributed by atoms with E-state index in [2.05, 4.69) is 20.7 Å². The molecule has 1 saturated carbocycles. The Labute approximate surface area is 120 Å². The average Bonchev–Trinajstić information content (AvgIpc) is 2.72. The van der Waals surface area contributed by atoms with E-state index in [4.69, 9.17) is 0 Å². The number of rotatable bonds is 4. The lowest BCUT2D eigenvalue weighted by Crippen LogP contribution is -2.51. The SMILES string of the molecule is CS(=O)(=O)NC1CC2(CCN(Cc3cccnc3)C2)C1. The van der Waals surface area contributed by atoms with Crippen LogP contribution in [0.5, 0.6) is 0 Å². The zero-order chi connectivity index (χ0) is 14.2. The van der Waals surface area contributed by atoms with Crippen LogP contribution in [0.15, 0.2) is 24.5 Å². The van der Waals surface area contributed by atoms with Crippen molar-refractivity contribution in [3.05, 3.63) is 30.1 Å². The van der Waals surface area contributed by atoms with Gasteiger partial charge < -0.3 is 0 Å². The second-order valence-electron chi connectivity index (χ2n) is 6.32. The van der Waals surface area contributed by atoms with Crippen molar-refractivity contribution >= 4 is 10.0 Å². The fourth-order valence-corrected chi connectivity index (χ4v) is 4.39. The van der Waals surface area contributed by atoms with Crippen LogP contribution < -0.4 is 4.72 Å². The number of aromatic nitrogens is 1. The molecule has 0 amide bonds. The van der Waals surface area contributed by atoms with Gasteiger partial charge in [-0.05, 0) is 42.9 Å². The molecule has 0 unspecified atom stereocenters. The van der Waals surface area contributed by atoms with Gasteiger partial charge >= 0.3 is 0 Å². The van der Waals surface area contributed by atoms with Crippen LogP contribution in [-0.4, -0.2) is 43.7 Å². The van der Waals surface area contributed by atoms with Gasteiger partial charge in [0, 0.05) is 31.5 Å². The molecule has 5 nitrogen and oxygen atoms in total. The minimum Gasteiger partial charge on any atom is -0.298 e. The van der Waals surface area contributed by atoms with E-state index >= 15 is 0 Å². The van der Waals surface area contributed by atoms with E-state index in [-0.39, 0.29) is 6.04 Å². The molecule has 1 aromatic rings. The molecule has 1 spiro atoms. The molecule has 20 heavy (non-hydrogen) atoms. The van der Waals surface area contributed by atoms with Crippen LogP contribution in [0.25, 0.3) is 0 Å². The molecular formula is C14H21N3O2S. The number of pyridine rings is 1. The molecule has 1 aliphatic heterocycles. The summed E-state index contributed by atoms with van der Waals surface area (Å²) in [5, 5.41) is 0. The molecule has 1 saturated heterocycles. The summed E-state index contributed by atoms with van der Waals surface area (Å²) >= 11 is 0. The van der Waals surface area contributed by atoms with Gasteiger partial charge in [0.05, 0.1) is 6.26 Å². The highest BCUT2D eigenvalue weighted by molar-refractivity contribution is 7.88. The summed E-state index contributed by atoms with van der Waals surface area (Å²) < 4.78 is 25.1. The monoisotopic (exact) mass is 295 g/mol. The molecule has 2 heterocycles. The van der Waals surface area contributed by atoms with E-state index in [1.54, 1.807) is 6.20 Å². The van der Waals surface area contributed by atoms with Crippen LogP contribution in [0.2, 0.25) is 0 Å². The van der Waals surface area contributed by atoms with Crippen LogP contribution >= 0.6 is 0 Å². The summed E-state index contributed by atoms with van der Waals surface area (Å²) in [6, 6.07) is 4.21. The third kappa shape index (κ3) is 3.19. The lowest BCUT2D eigenvalue weighted by Gasteiger charge is -2.45. The Morgan fingerprint density at radius 1 is 1.50 bits per heavy atom. The minimum atomic E-state index is -3.06. The normalized spacial score (nSPS) is 30.6. The third-order valence-corrected chi connectivity index (χ3v) is 5.15. The number of hydrogen-bond donors (Lipinski definition) is 1. The molecular weight excluding hydrogens is 274 g/mol. The van der Waals surface area contributed by atoms with Crippen molar-refractivity contribution in [1.29, 1.82) is 0 Å². The molecule has 110 valence electrons. The molecule has 0 bridgehead atoms. The lowest BCUT2D eigenvalue weighted by atomic mass is 9.65. The van der Waals surface area contributed by atoms with Gasteiger partial charge in [0.15, 0.2) is 0 Å². The van der Waals surface area contributed by atoms with Gasteiger partial charge in [-0.3, -0.25) is 9.88 Å². The molecule has 2 aliphatic rings. The van der Waals surface area contributed by atoms with Crippen LogP contribution in [0.4, 0.5) is 0 Å². The van der Waals surface area contributed by atoms with Gasteiger partial charge in [-0.25, -0.2) is 13.1 Å². The molecule has 1 N–H and O–H groups in total. The Hall–Kier alpha value is -0.980. The van der Waals surface area contributed by atoms with Gasteiger partial charge in [-0.15, -0.1) is 0 Å². The fraction of sp³-hybridized carbons (Fsp3) is 0.643. The van der Waals surface area contributed by atoms with E-state index in [0.717, 1.165) is 32.5 Å². The molecule has 0 radical (unpaired) electrons. The summed E-state index contributed by atoms with van der Waals surface area (Å²) in [5.74, 6) is 0. The van der Waals surface area contributed by atoms with E-state index in [1.165, 1.54) is 18.2 Å². The average molecular weight is 295 g/mol. The summed E-state index contributed by atoms with van der Waals surface area (Å²) in [5.41, 5.74) is 1.58. The molecule has 1 aliphatic carbocycles. The van der Waals surface area contributed by atoms with Gasteiger partial charge in [0.25, 0.3) is 0 Å². The highest BCUT2D eigenvalue weighted by atomic mass is 32.2. The highest BCUT2D eigenvalue weighted by Gasteiger charge is 2.48. The summed E-state index contributed by atoms with van der Waals surface area (Å²) in [6.45, 7) is 3.12. The van der Waals surface area contributed by atoms with Crippen molar-refractivity contribution in [3.63, 3.8) is 0 Å². The van der Waals surface area contributed by atoms with E-state index in [9.17, 15) is 8.42 Å². The highest BCUT2D eigenvalue weighted by Crippen LogP contribution is 2.48. The number of sulfonamides is 1. The molecule has 6 heteroatoms. The van der Waals surface area contributed by atoms with Crippen molar-refractivity contribution in [2.24, 2.45) is 5.41 Å². The van der Waals surface area contributed by atoms with Crippen molar-refractivity contribution in [2.45, 2.75) is 31.8 Å². The number of nitrogens with one attached hydrogen (secondary N) is 1. The smallest absolute Gasteiger partial charge is 0.208 e. The summed E-state index contributed by atoms with van der Waals surface area (Å²) in [4.78, 5) is 6.60. The molecule has 2 fully saturated rings. The Morgan fingerprint density at radius 3 is 2.95 bits per heavy atom. The molecule has 3 rings (SSSR count). The maximum Gasteiger partial charge on any atom is 0.208 e. The van der Waals surface area contributed by atoms with Crippen LogP contribution in [-0.2, 0) is 16.6 Å². The molecule has 1 aromatic heterocycles. The first-order chi connectivity index (χ1) is 9.44. The van der Waals surface area contributed by atoms with Crippen LogP contribution in [0.3, 0.4) is 0 Å². The maximum atomic E-state index is 11.2. The molecule has 0 atom stereocenters. The second-order valence-corrected chi connectivity index (χ2v) is 8.10. The molecule has 0 aromatic carbocycles. The first-order valence-electron chi connectivity index (χ1n) is 7.03. The Morgan fingerprint density at radius 2 is 2.30 bits per heavy atom. The van der Waals surface area contributed by atoms with Crippen molar-refractivity contribution in [3.8, 4) is 0 Å². The van der Waals surface area contributed by atoms with Crippen molar-refractivity contribution in [2.75, 3.05) is 19.3 Å². The number of likely N-dealkylation sites (tertiary alicyclic amines) is 1. The number of hydrogen-bond acceptors (Lipinski definition) is 4. The summed E-state index contributed by atoms with van der Waals surface area (Å²) in [7, 11) is -3.06. The maximum absolute atomic E-state index is 11.2. The van der Waals surface area contributed by atoms with E-state index < -0.39 is 10.0 Å². The Balaban J connectivity index is 1.51. The van der Waals surface area contributed by atoms with Crippen molar-refractivity contribution in [1.82, 2.24) is 14.6 Å². The standard InChI is InChI=1S/C14H21N3O2S/c1-20(18,19)16-13-7-14(8-13)4-6-17(11-14)10-12-3-2-5-15-9-12/h2-3,5,9,13,16H,4,6-8,10-11H2,1H3. The fourth-order valence-electron chi connectivity index (χ4n) is 3.62. The van der Waals surface area contributed by atoms with Gasteiger partial charge in [0.2, 0.25) is 10.0 Å². The second kappa shape index (κ2) is 5.09. The van der Waals surface area contributed by atoms with E-state index in [1.807, 2.05) is 12.3 Å². The predicted molar refractivity (Wildman–Crippen MR) is 77.6 cm³/mol. The Kier molecular flexibility index (Phi) is 3.56. The van der Waals surface area contributed by atoms with E-state index in [0.29, 0.717) is 5.41 Å². The third-order valence-electron chi connectivity index (χ3n) is 4.39. The largest absolute Gasteiger partial charge is 0.298 e. The Bertz CT molecular complexity index is 567. The minimum absolute atomic E-state index is 0.142. The summed E-state index contributed by atoms with van der Waals surface area (Å²) in [6.07, 6.45) is 8.08. The topological polar surface area (TPSA) is 62.3 Å². The van der Waals surface area contributed by atoms with Crippen LogP contribution in [0.1, 0.15) is 24.8 Å². The predicted octanol–water partition coefficient (Wildman–Crippen LogP) is 0.985. The zero-order valence-corrected chi connectivity index (χ0v) is 12.6. The number of nitrogens with zero attached hydrogens (tertiary/aromatic N) is 2.